The molecule has 0 saturated carbocycles. The predicted molar refractivity (Wildman–Crippen MR) is 69.1 cm³/mol. The summed E-state index contributed by atoms with van der Waals surface area (Å²) in [7, 11) is 0. The molecule has 0 bridgehead atoms. The standard InChI is InChI=1S/C11H9FN4O3S/c12-7-3-1-2-6(4-7)5-13-11(19)14-9-8(10(17)18)15-16-20-9/h1-4H,5H2,(H,17,18)(H2,13,14,19). The number of halogens is 1. The van der Waals surface area contributed by atoms with Crippen LogP contribution in [0.15, 0.2) is 24.3 Å². The summed E-state index contributed by atoms with van der Waals surface area (Å²) in [6.45, 7) is 0.109. The van der Waals surface area contributed by atoms with Gasteiger partial charge in [-0.3, -0.25) is 5.32 Å². The van der Waals surface area contributed by atoms with Crippen LogP contribution in [0.3, 0.4) is 0 Å². The number of anilines is 1. The highest BCUT2D eigenvalue weighted by atomic mass is 32.1. The van der Waals surface area contributed by atoms with Crippen LogP contribution in [-0.4, -0.2) is 26.7 Å². The third kappa shape index (κ3) is 3.48. The number of carboxylic acids is 1. The Morgan fingerprint density at radius 1 is 1.40 bits per heavy atom. The molecule has 1 aromatic heterocycles. The average molecular weight is 296 g/mol. The molecular formula is C11H9FN4O3S. The van der Waals surface area contributed by atoms with Crippen molar-refractivity contribution in [3.63, 3.8) is 0 Å². The van der Waals surface area contributed by atoms with E-state index in [1.165, 1.54) is 18.2 Å². The van der Waals surface area contributed by atoms with Gasteiger partial charge in [-0.1, -0.05) is 16.6 Å². The second kappa shape index (κ2) is 6.06. The van der Waals surface area contributed by atoms with Gasteiger partial charge in [0.25, 0.3) is 0 Å². The lowest BCUT2D eigenvalue weighted by Crippen LogP contribution is -2.28. The van der Waals surface area contributed by atoms with Crippen LogP contribution in [0.2, 0.25) is 0 Å². The second-order valence-electron chi connectivity index (χ2n) is 3.69. The Kier molecular flexibility index (Phi) is 4.20. The molecule has 0 aliphatic rings. The first-order chi connectivity index (χ1) is 9.56. The molecule has 0 aliphatic heterocycles. The maximum atomic E-state index is 12.9. The van der Waals surface area contributed by atoms with Crippen LogP contribution in [-0.2, 0) is 6.54 Å². The maximum absolute atomic E-state index is 12.9. The van der Waals surface area contributed by atoms with Crippen LogP contribution in [0.4, 0.5) is 14.2 Å². The lowest BCUT2D eigenvalue weighted by Gasteiger charge is -2.06. The number of carbonyl (C=O) groups is 2. The first-order valence-electron chi connectivity index (χ1n) is 5.41. The highest BCUT2D eigenvalue weighted by molar-refractivity contribution is 7.10. The quantitative estimate of drug-likeness (QED) is 0.796. The molecule has 0 atom stereocenters. The van der Waals surface area contributed by atoms with Crippen molar-refractivity contribution in [2.24, 2.45) is 0 Å². The number of carbonyl (C=O) groups excluding carboxylic acids is 1. The predicted octanol–water partition coefficient (Wildman–Crippen LogP) is 1.70. The molecule has 0 saturated heterocycles. The van der Waals surface area contributed by atoms with Crippen LogP contribution in [0, 0.1) is 5.82 Å². The summed E-state index contributed by atoms with van der Waals surface area (Å²) in [6.07, 6.45) is 0. The Labute approximate surface area is 116 Å². The van der Waals surface area contributed by atoms with Gasteiger partial charge in [0.2, 0.25) is 5.69 Å². The summed E-state index contributed by atoms with van der Waals surface area (Å²) in [5, 5.41) is 17.0. The van der Waals surface area contributed by atoms with Crippen LogP contribution >= 0.6 is 11.5 Å². The summed E-state index contributed by atoms with van der Waals surface area (Å²) in [5.74, 6) is -1.68. The lowest BCUT2D eigenvalue weighted by atomic mass is 10.2. The molecule has 0 radical (unpaired) electrons. The van der Waals surface area contributed by atoms with Crippen molar-refractivity contribution >= 4 is 28.5 Å². The van der Waals surface area contributed by atoms with Crippen molar-refractivity contribution in [2.45, 2.75) is 6.54 Å². The van der Waals surface area contributed by atoms with E-state index in [-0.39, 0.29) is 17.2 Å². The first-order valence-corrected chi connectivity index (χ1v) is 6.18. The Morgan fingerprint density at radius 2 is 2.20 bits per heavy atom. The minimum Gasteiger partial charge on any atom is -0.476 e. The topological polar surface area (TPSA) is 104 Å². The van der Waals surface area contributed by atoms with Crippen molar-refractivity contribution in [1.82, 2.24) is 14.9 Å². The maximum Gasteiger partial charge on any atom is 0.359 e. The number of aromatic carboxylic acids is 1. The van der Waals surface area contributed by atoms with Gasteiger partial charge in [0.05, 0.1) is 0 Å². The second-order valence-corrected chi connectivity index (χ2v) is 4.45. The first kappa shape index (κ1) is 13.9. The molecular weight excluding hydrogens is 287 g/mol. The van der Waals surface area contributed by atoms with E-state index in [1.807, 2.05) is 0 Å². The zero-order valence-corrected chi connectivity index (χ0v) is 10.8. The van der Waals surface area contributed by atoms with Gasteiger partial charge in [-0.05, 0) is 17.7 Å². The number of benzene rings is 1. The molecule has 9 heteroatoms. The number of hydrogen-bond donors (Lipinski definition) is 3. The lowest BCUT2D eigenvalue weighted by molar-refractivity contribution is 0.0691. The highest BCUT2D eigenvalue weighted by Crippen LogP contribution is 2.17. The molecule has 1 aromatic carbocycles. The number of aromatic nitrogens is 2. The molecule has 20 heavy (non-hydrogen) atoms. The monoisotopic (exact) mass is 296 g/mol. The van der Waals surface area contributed by atoms with Gasteiger partial charge in [-0.2, -0.15) is 0 Å². The van der Waals surface area contributed by atoms with Gasteiger partial charge in [-0.15, -0.1) is 5.10 Å². The average Bonchev–Trinajstić information content (AvgIpc) is 2.85. The molecule has 2 rings (SSSR count). The van der Waals surface area contributed by atoms with E-state index in [1.54, 1.807) is 6.07 Å². The SMILES string of the molecule is O=C(NCc1cccc(F)c1)Nc1snnc1C(=O)O. The number of carboxylic acid groups (broad SMARTS) is 1. The molecule has 7 nitrogen and oxygen atoms in total. The summed E-state index contributed by atoms with van der Waals surface area (Å²) in [6, 6.07) is 5.14. The van der Waals surface area contributed by atoms with Crippen LogP contribution in [0.1, 0.15) is 16.1 Å². The van der Waals surface area contributed by atoms with Gasteiger partial charge in [-0.25, -0.2) is 14.0 Å². The number of amides is 2. The fraction of sp³-hybridized carbons (Fsp3) is 0.0909. The number of hydrogen-bond acceptors (Lipinski definition) is 5. The number of nitrogens with zero attached hydrogens (tertiary/aromatic N) is 2. The fourth-order valence-corrected chi connectivity index (χ4v) is 1.95. The van der Waals surface area contributed by atoms with Crippen molar-refractivity contribution in [3.05, 3.63) is 41.3 Å². The number of nitrogens with one attached hydrogen (secondary N) is 2. The summed E-state index contributed by atoms with van der Waals surface area (Å²) < 4.78 is 16.4. The van der Waals surface area contributed by atoms with Crippen molar-refractivity contribution in [1.29, 1.82) is 0 Å². The number of urea groups is 1. The van der Waals surface area contributed by atoms with Crippen molar-refractivity contribution in [2.75, 3.05) is 5.32 Å². The molecule has 0 spiro atoms. The molecule has 0 aliphatic carbocycles. The van der Waals surface area contributed by atoms with E-state index in [9.17, 15) is 14.0 Å². The largest absolute Gasteiger partial charge is 0.476 e. The van der Waals surface area contributed by atoms with Crippen LogP contribution < -0.4 is 10.6 Å². The highest BCUT2D eigenvalue weighted by Gasteiger charge is 2.17. The van der Waals surface area contributed by atoms with E-state index >= 15 is 0 Å². The van der Waals surface area contributed by atoms with Gasteiger partial charge < -0.3 is 10.4 Å². The van der Waals surface area contributed by atoms with Gasteiger partial charge >= 0.3 is 12.0 Å². The summed E-state index contributed by atoms with van der Waals surface area (Å²) in [4.78, 5) is 22.4. The summed E-state index contributed by atoms with van der Waals surface area (Å²) >= 11 is 0.756. The minimum atomic E-state index is -1.28. The zero-order valence-electron chi connectivity index (χ0n) is 9.96. The Bertz CT molecular complexity index is 646. The van der Waals surface area contributed by atoms with E-state index in [0.717, 1.165) is 11.5 Å². The molecule has 104 valence electrons. The van der Waals surface area contributed by atoms with Crippen LogP contribution in [0.5, 0.6) is 0 Å². The molecule has 0 unspecified atom stereocenters. The number of rotatable bonds is 4. The smallest absolute Gasteiger partial charge is 0.359 e. The Hall–Kier alpha value is -2.55. The van der Waals surface area contributed by atoms with E-state index in [0.29, 0.717) is 5.56 Å². The normalized spacial score (nSPS) is 10.1. The third-order valence-corrected chi connectivity index (χ3v) is 2.90. The molecule has 1 heterocycles. The van der Waals surface area contributed by atoms with Gasteiger partial charge in [0, 0.05) is 18.1 Å². The Morgan fingerprint density at radius 3 is 2.90 bits per heavy atom. The van der Waals surface area contributed by atoms with E-state index < -0.39 is 17.8 Å². The van der Waals surface area contributed by atoms with Crippen LogP contribution in [0.25, 0.3) is 0 Å². The van der Waals surface area contributed by atoms with E-state index in [4.69, 9.17) is 5.11 Å². The molecule has 0 fully saturated rings. The molecule has 2 aromatic rings. The Balaban J connectivity index is 1.93. The van der Waals surface area contributed by atoms with Gasteiger partial charge in [0.15, 0.2) is 5.00 Å². The van der Waals surface area contributed by atoms with Crippen molar-refractivity contribution in [3.8, 4) is 0 Å². The molecule has 3 N–H and O–H groups in total. The van der Waals surface area contributed by atoms with Gasteiger partial charge in [0.1, 0.15) is 5.82 Å². The minimum absolute atomic E-state index is 0.0363. The fourth-order valence-electron chi connectivity index (χ4n) is 1.39. The summed E-state index contributed by atoms with van der Waals surface area (Å²) in [5.41, 5.74) is 0.261. The van der Waals surface area contributed by atoms with E-state index in [2.05, 4.69) is 20.2 Å². The molecule has 2 amide bonds. The zero-order chi connectivity index (χ0) is 14.5. The third-order valence-electron chi connectivity index (χ3n) is 2.26. The van der Waals surface area contributed by atoms with Crippen molar-refractivity contribution < 1.29 is 19.1 Å².